The molecule has 3 aromatic carbocycles. The minimum atomic E-state index is -0.296. The quantitative estimate of drug-likeness (QED) is 0.174. The summed E-state index contributed by atoms with van der Waals surface area (Å²) in [6, 6.07) is 17.1. The van der Waals surface area contributed by atoms with Crippen LogP contribution >= 0.6 is 0 Å². The summed E-state index contributed by atoms with van der Waals surface area (Å²) in [6.45, 7) is 3.31. The number of aryl methyl sites for hydroxylation is 1. The van der Waals surface area contributed by atoms with Gasteiger partial charge >= 0.3 is 5.97 Å². The minimum absolute atomic E-state index is 0.204. The molecule has 4 fully saturated rings. The number of ether oxygens (including phenoxy) is 4. The highest BCUT2D eigenvalue weighted by atomic mass is 16.7. The normalized spacial score (nSPS) is 25.6. The van der Waals surface area contributed by atoms with Crippen LogP contribution in [-0.2, 0) is 19.6 Å². The third-order valence-corrected chi connectivity index (χ3v) is 9.35. The number of benzene rings is 3. The van der Waals surface area contributed by atoms with E-state index in [-0.39, 0.29) is 18.2 Å². The van der Waals surface area contributed by atoms with Crippen molar-refractivity contribution in [3.05, 3.63) is 65.2 Å². The van der Waals surface area contributed by atoms with E-state index in [0.29, 0.717) is 18.8 Å². The van der Waals surface area contributed by atoms with E-state index in [0.717, 1.165) is 39.8 Å². The van der Waals surface area contributed by atoms with Crippen LogP contribution in [0.15, 0.2) is 48.5 Å². The molecule has 200 valence electrons. The molecule has 5 heteroatoms. The van der Waals surface area contributed by atoms with Crippen LogP contribution in [0.5, 0.6) is 5.75 Å². The second-order valence-corrected chi connectivity index (χ2v) is 11.7. The zero-order valence-electron chi connectivity index (χ0n) is 22.8. The summed E-state index contributed by atoms with van der Waals surface area (Å²) in [6.07, 6.45) is 8.05. The Morgan fingerprint density at radius 1 is 0.868 bits per heavy atom. The number of carbonyl (C=O) groups excluding carboxylic acids is 1. The van der Waals surface area contributed by atoms with Crippen LogP contribution in [-0.4, -0.2) is 40.2 Å². The fourth-order valence-electron chi connectivity index (χ4n) is 7.99. The van der Waals surface area contributed by atoms with Crippen LogP contribution in [0.4, 0.5) is 0 Å². The second-order valence-electron chi connectivity index (χ2n) is 11.7. The Labute approximate surface area is 225 Å². The number of hydrogen-bond acceptors (Lipinski definition) is 5. The van der Waals surface area contributed by atoms with Crippen molar-refractivity contribution in [2.24, 2.45) is 17.8 Å². The van der Waals surface area contributed by atoms with Crippen molar-refractivity contribution in [1.29, 1.82) is 0 Å². The first-order valence-corrected chi connectivity index (χ1v) is 14.0. The minimum Gasteiger partial charge on any atom is -0.467 e. The summed E-state index contributed by atoms with van der Waals surface area (Å²) >= 11 is 0. The van der Waals surface area contributed by atoms with Gasteiger partial charge in [-0.3, -0.25) is 0 Å². The molecule has 38 heavy (non-hydrogen) atoms. The third-order valence-electron chi connectivity index (χ3n) is 9.35. The summed E-state index contributed by atoms with van der Waals surface area (Å²) in [5.74, 6) is 3.22. The van der Waals surface area contributed by atoms with Gasteiger partial charge in [-0.25, -0.2) is 4.79 Å². The number of hydrogen-bond donors (Lipinski definition) is 0. The molecule has 0 unspecified atom stereocenters. The summed E-state index contributed by atoms with van der Waals surface area (Å²) < 4.78 is 22.0. The van der Waals surface area contributed by atoms with Crippen molar-refractivity contribution < 1.29 is 23.7 Å². The predicted molar refractivity (Wildman–Crippen MR) is 149 cm³/mol. The molecule has 0 aliphatic heterocycles. The zero-order chi connectivity index (χ0) is 26.3. The highest BCUT2D eigenvalue weighted by Gasteiger charge is 2.52. The standard InChI is InChI=1S/C33H38O5/c1-21-28-7-4-25(15-27(28)5-8-29(21)32(34)36-3)26-6-9-31(38-20-37-11-10-35-2)30(16-26)33-17-22-12-23(18-33)14-24(13-22)19-33/h4-9,15-16,22-24H,10-14,17-20H2,1-3H3. The van der Waals surface area contributed by atoms with E-state index < -0.39 is 0 Å². The molecule has 0 aromatic heterocycles. The maximum Gasteiger partial charge on any atom is 0.338 e. The van der Waals surface area contributed by atoms with Gasteiger partial charge in [0.15, 0.2) is 6.79 Å². The van der Waals surface area contributed by atoms with Gasteiger partial charge in [-0.15, -0.1) is 0 Å². The first-order chi connectivity index (χ1) is 18.5. The van der Waals surface area contributed by atoms with E-state index in [1.165, 1.54) is 62.3 Å². The van der Waals surface area contributed by atoms with Crippen molar-refractivity contribution in [2.75, 3.05) is 34.2 Å². The van der Waals surface area contributed by atoms with Gasteiger partial charge in [0.1, 0.15) is 5.75 Å². The molecule has 5 nitrogen and oxygen atoms in total. The number of rotatable bonds is 9. The maximum atomic E-state index is 12.2. The average molecular weight is 515 g/mol. The van der Waals surface area contributed by atoms with Crippen LogP contribution < -0.4 is 4.74 Å². The lowest BCUT2D eigenvalue weighted by Crippen LogP contribution is -2.48. The number of esters is 1. The number of fused-ring (bicyclic) bond motifs is 1. The highest BCUT2D eigenvalue weighted by molar-refractivity contribution is 5.99. The maximum absolute atomic E-state index is 12.2. The molecule has 3 aromatic rings. The molecule has 4 aliphatic rings. The largest absolute Gasteiger partial charge is 0.467 e. The Hall–Kier alpha value is -2.89. The molecule has 7 rings (SSSR count). The van der Waals surface area contributed by atoms with E-state index in [9.17, 15) is 4.79 Å². The van der Waals surface area contributed by atoms with Crippen LogP contribution in [0.25, 0.3) is 21.9 Å². The summed E-state index contributed by atoms with van der Waals surface area (Å²) in [5.41, 5.74) is 5.52. The first-order valence-electron chi connectivity index (χ1n) is 14.0. The summed E-state index contributed by atoms with van der Waals surface area (Å²) in [5, 5.41) is 2.20. The van der Waals surface area contributed by atoms with Gasteiger partial charge in [-0.05, 0) is 120 Å². The molecule has 0 spiro atoms. The van der Waals surface area contributed by atoms with Gasteiger partial charge in [0.25, 0.3) is 0 Å². The molecule has 0 amide bonds. The molecule has 0 heterocycles. The van der Waals surface area contributed by atoms with E-state index in [1.54, 1.807) is 7.11 Å². The predicted octanol–water partition coefficient (Wildman–Crippen LogP) is 7.07. The molecular formula is C33H38O5. The Morgan fingerprint density at radius 3 is 2.24 bits per heavy atom. The fourth-order valence-corrected chi connectivity index (χ4v) is 7.99. The molecule has 0 atom stereocenters. The van der Waals surface area contributed by atoms with Crippen LogP contribution in [0.3, 0.4) is 0 Å². The molecular weight excluding hydrogens is 476 g/mol. The van der Waals surface area contributed by atoms with Gasteiger partial charge in [0, 0.05) is 12.7 Å². The topological polar surface area (TPSA) is 54.0 Å². The van der Waals surface area contributed by atoms with Gasteiger partial charge in [0.05, 0.1) is 25.9 Å². The van der Waals surface area contributed by atoms with E-state index in [4.69, 9.17) is 18.9 Å². The number of methoxy groups -OCH3 is 2. The van der Waals surface area contributed by atoms with Gasteiger partial charge < -0.3 is 18.9 Å². The Balaban J connectivity index is 1.36. The lowest BCUT2D eigenvalue weighted by Gasteiger charge is -2.57. The monoisotopic (exact) mass is 514 g/mol. The number of carbonyl (C=O) groups is 1. The van der Waals surface area contributed by atoms with Crippen LogP contribution in [0.1, 0.15) is 60.0 Å². The molecule has 4 saturated carbocycles. The average Bonchev–Trinajstić information content (AvgIpc) is 2.92. The van der Waals surface area contributed by atoms with Crippen molar-refractivity contribution in [1.82, 2.24) is 0 Å². The van der Waals surface area contributed by atoms with Crippen molar-refractivity contribution in [3.8, 4) is 16.9 Å². The lowest BCUT2D eigenvalue weighted by atomic mass is 9.48. The molecule has 4 bridgehead atoms. The molecule has 4 aliphatic carbocycles. The summed E-state index contributed by atoms with van der Waals surface area (Å²) in [4.78, 5) is 12.2. The second kappa shape index (κ2) is 10.3. The van der Waals surface area contributed by atoms with E-state index in [1.807, 2.05) is 19.1 Å². The van der Waals surface area contributed by atoms with Gasteiger partial charge in [0.2, 0.25) is 0 Å². The van der Waals surface area contributed by atoms with E-state index >= 15 is 0 Å². The van der Waals surface area contributed by atoms with Crippen molar-refractivity contribution in [2.45, 2.75) is 50.9 Å². The fraction of sp³-hybridized carbons (Fsp3) is 0.485. The van der Waals surface area contributed by atoms with Crippen LogP contribution in [0.2, 0.25) is 0 Å². The lowest BCUT2D eigenvalue weighted by molar-refractivity contribution is -0.0189. The molecule has 0 saturated heterocycles. The SMILES string of the molecule is COCCOCOc1ccc(-c2ccc3c(C)c(C(=O)OC)ccc3c2)cc1C12CC3CC(CC(C3)C1)C2. The van der Waals surface area contributed by atoms with Crippen LogP contribution in [0, 0.1) is 24.7 Å². The molecule has 0 N–H and O–H groups in total. The smallest absolute Gasteiger partial charge is 0.338 e. The first kappa shape index (κ1) is 25.4. The van der Waals surface area contributed by atoms with E-state index in [2.05, 4.69) is 36.4 Å². The molecule has 0 radical (unpaired) electrons. The summed E-state index contributed by atoms with van der Waals surface area (Å²) in [7, 11) is 3.11. The van der Waals surface area contributed by atoms with Gasteiger partial charge in [-0.2, -0.15) is 0 Å². The Morgan fingerprint density at radius 2 is 1.55 bits per heavy atom. The Bertz CT molecular complexity index is 1310. The van der Waals surface area contributed by atoms with Crippen molar-refractivity contribution >= 4 is 16.7 Å². The highest BCUT2D eigenvalue weighted by Crippen LogP contribution is 2.62. The zero-order valence-corrected chi connectivity index (χ0v) is 22.8. The van der Waals surface area contributed by atoms with Crippen molar-refractivity contribution in [3.63, 3.8) is 0 Å². The van der Waals surface area contributed by atoms with Gasteiger partial charge in [-0.1, -0.05) is 24.3 Å². The third kappa shape index (κ3) is 4.60. The Kier molecular flexibility index (Phi) is 6.92.